The molecule has 1 saturated heterocycles. The molecule has 1 fully saturated rings. The predicted molar refractivity (Wildman–Crippen MR) is 143 cm³/mol. The number of anilines is 1. The first-order valence-electron chi connectivity index (χ1n) is 11.9. The van der Waals surface area contributed by atoms with Gasteiger partial charge in [-0.05, 0) is 36.3 Å². The van der Waals surface area contributed by atoms with Gasteiger partial charge in [0.15, 0.2) is 28.1 Å². The Balaban J connectivity index is 1.99. The quantitative estimate of drug-likeness (QED) is 0.363. The van der Waals surface area contributed by atoms with Crippen LogP contribution in [0.2, 0.25) is 36.3 Å². The van der Waals surface area contributed by atoms with E-state index in [0.29, 0.717) is 30.0 Å². The summed E-state index contributed by atoms with van der Waals surface area (Å²) < 4.78 is 22.3. The second-order valence-corrected chi connectivity index (χ2v) is 22.3. The summed E-state index contributed by atoms with van der Waals surface area (Å²) in [5.41, 5.74) is 6.44. The Morgan fingerprint density at radius 1 is 1.09 bits per heavy atom. The molecule has 0 unspecified atom stereocenters. The second-order valence-electron chi connectivity index (χ2n) is 12.5. The predicted octanol–water partition coefficient (Wildman–Crippen LogP) is 5.72. The number of halogens is 1. The van der Waals surface area contributed by atoms with E-state index in [4.69, 9.17) is 30.9 Å². The Morgan fingerprint density at radius 3 is 2.26 bits per heavy atom. The molecule has 3 rings (SSSR count). The molecule has 0 aliphatic carbocycles. The molecule has 3 atom stereocenters. The zero-order valence-electron chi connectivity index (χ0n) is 22.4. The van der Waals surface area contributed by atoms with Gasteiger partial charge in [-0.15, -0.1) is 11.6 Å². The molecule has 192 valence electrons. The summed E-state index contributed by atoms with van der Waals surface area (Å²) >= 11 is 6.69. The Morgan fingerprint density at radius 2 is 1.71 bits per heavy atom. The minimum absolute atomic E-state index is 0.0484. The van der Waals surface area contributed by atoms with E-state index in [-0.39, 0.29) is 28.3 Å². The van der Waals surface area contributed by atoms with Crippen LogP contribution in [0.1, 0.15) is 54.2 Å². The van der Waals surface area contributed by atoms with Gasteiger partial charge in [0.05, 0.1) is 24.9 Å². The van der Waals surface area contributed by atoms with E-state index >= 15 is 0 Å². The summed E-state index contributed by atoms with van der Waals surface area (Å²) in [7, 11) is -4.16. The molecule has 0 bridgehead atoms. The Hall–Kier alpha value is -1.05. The molecular formula is C23H42ClN5O3Si2. The fraction of sp³-hybridized carbons (Fsp3) is 0.783. The van der Waals surface area contributed by atoms with Gasteiger partial charge in [0, 0.05) is 6.42 Å². The number of fused-ring (bicyclic) bond motifs is 1. The highest BCUT2D eigenvalue weighted by molar-refractivity contribution is 6.74. The minimum Gasteiger partial charge on any atom is -0.414 e. The Kier molecular flexibility index (Phi) is 7.38. The Bertz CT molecular complexity index is 1020. The number of ether oxygens (including phenoxy) is 1. The molecule has 1 aliphatic heterocycles. The number of rotatable bonds is 7. The van der Waals surface area contributed by atoms with Gasteiger partial charge >= 0.3 is 0 Å². The van der Waals surface area contributed by atoms with Crippen LogP contribution >= 0.6 is 11.6 Å². The van der Waals surface area contributed by atoms with Crippen molar-refractivity contribution in [2.75, 3.05) is 18.2 Å². The maximum atomic E-state index is 6.96. The lowest BCUT2D eigenvalue weighted by atomic mass is 10.0. The highest BCUT2D eigenvalue weighted by Crippen LogP contribution is 2.47. The maximum absolute atomic E-state index is 6.96. The molecule has 34 heavy (non-hydrogen) atoms. The topological polar surface area (TPSA) is 97.3 Å². The van der Waals surface area contributed by atoms with Crippen molar-refractivity contribution in [1.82, 2.24) is 19.5 Å². The third-order valence-electron chi connectivity index (χ3n) is 8.02. The molecule has 8 nitrogen and oxygen atoms in total. The van der Waals surface area contributed by atoms with E-state index in [0.717, 1.165) is 0 Å². The van der Waals surface area contributed by atoms with E-state index in [1.807, 2.05) is 4.57 Å². The molecule has 0 spiro atoms. The first-order chi connectivity index (χ1) is 15.4. The van der Waals surface area contributed by atoms with Crippen molar-refractivity contribution in [3.05, 3.63) is 12.7 Å². The maximum Gasteiger partial charge on any atom is 0.192 e. The van der Waals surface area contributed by atoms with E-state index in [2.05, 4.69) is 82.7 Å². The van der Waals surface area contributed by atoms with Crippen LogP contribution in [0.25, 0.3) is 11.2 Å². The van der Waals surface area contributed by atoms with Gasteiger partial charge in [-0.2, -0.15) is 0 Å². The molecule has 0 aromatic carbocycles. The van der Waals surface area contributed by atoms with Gasteiger partial charge in [-0.1, -0.05) is 41.5 Å². The average molecular weight is 528 g/mol. The van der Waals surface area contributed by atoms with Crippen LogP contribution in [0, 0.1) is 0 Å². The van der Waals surface area contributed by atoms with E-state index in [9.17, 15) is 0 Å². The number of alkyl halides is 1. The van der Waals surface area contributed by atoms with Crippen molar-refractivity contribution in [2.45, 2.75) is 102 Å². The zero-order chi connectivity index (χ0) is 25.7. The molecular weight excluding hydrogens is 486 g/mol. The van der Waals surface area contributed by atoms with Gasteiger partial charge in [0.1, 0.15) is 23.7 Å². The largest absolute Gasteiger partial charge is 0.414 e. The van der Waals surface area contributed by atoms with Crippen LogP contribution in [0.15, 0.2) is 12.7 Å². The van der Waals surface area contributed by atoms with Crippen molar-refractivity contribution >= 4 is 45.2 Å². The van der Waals surface area contributed by atoms with Crippen LogP contribution in [0.5, 0.6) is 0 Å². The van der Waals surface area contributed by atoms with E-state index < -0.39 is 22.2 Å². The molecule has 2 aromatic heterocycles. The first kappa shape index (κ1) is 27.5. The number of nitrogens with zero attached hydrogens (tertiary/aromatic N) is 4. The standard InChI is InChI=1S/C23H42ClN5O3Si2/c1-21(2,3)33(7,8)30-13-23(12-24)16(32-34(9,10)22(4,5)6)11-17(31-23)29-15-28-18-19(25)26-14-27-20(18)29/h14-17H,11-13H2,1-10H3,(H2,25,26,27)/t16-,17+,23+/m0/s1. The van der Waals surface area contributed by atoms with Crippen molar-refractivity contribution in [3.63, 3.8) is 0 Å². The third-order valence-corrected chi connectivity index (χ3v) is 17.4. The van der Waals surface area contributed by atoms with Crippen molar-refractivity contribution in [2.24, 2.45) is 0 Å². The van der Waals surface area contributed by atoms with Crippen LogP contribution in [0.4, 0.5) is 5.82 Å². The molecule has 1 aliphatic rings. The summed E-state index contributed by atoms with van der Waals surface area (Å²) in [5, 5.41) is 0.121. The summed E-state index contributed by atoms with van der Waals surface area (Å²) in [6, 6.07) is 0. The second kappa shape index (κ2) is 9.12. The molecule has 2 N–H and O–H groups in total. The first-order valence-corrected chi connectivity index (χ1v) is 18.3. The van der Waals surface area contributed by atoms with Crippen LogP contribution in [0.3, 0.4) is 0 Å². The SMILES string of the molecule is CC(C)(C)[Si](C)(C)OC[C@@]1(CCl)O[C@@H](n2cnc3c(N)ncnc32)C[C@@H]1O[Si](C)(C)C(C)(C)C. The fourth-order valence-electron chi connectivity index (χ4n) is 3.53. The highest BCUT2D eigenvalue weighted by atomic mass is 35.5. The number of hydrogen-bond acceptors (Lipinski definition) is 7. The van der Waals surface area contributed by atoms with Gasteiger partial charge in [-0.3, -0.25) is 4.57 Å². The highest BCUT2D eigenvalue weighted by Gasteiger charge is 2.54. The van der Waals surface area contributed by atoms with Crippen LogP contribution < -0.4 is 5.73 Å². The van der Waals surface area contributed by atoms with E-state index in [1.165, 1.54) is 6.33 Å². The average Bonchev–Trinajstić information content (AvgIpc) is 3.27. The number of aromatic nitrogens is 4. The number of nitrogens with two attached hydrogens (primary N) is 1. The summed E-state index contributed by atoms with van der Waals surface area (Å²) in [4.78, 5) is 12.9. The number of hydrogen-bond donors (Lipinski definition) is 1. The molecule has 0 radical (unpaired) electrons. The molecule has 0 saturated carbocycles. The Labute approximate surface area is 211 Å². The molecule has 2 aromatic rings. The monoisotopic (exact) mass is 527 g/mol. The smallest absolute Gasteiger partial charge is 0.192 e. The summed E-state index contributed by atoms with van der Waals surface area (Å²) in [5.74, 6) is 0.613. The lowest BCUT2D eigenvalue weighted by Gasteiger charge is -2.44. The fourth-order valence-corrected chi connectivity index (χ4v) is 6.26. The van der Waals surface area contributed by atoms with Gasteiger partial charge in [0.25, 0.3) is 0 Å². The third kappa shape index (κ3) is 5.08. The van der Waals surface area contributed by atoms with Crippen LogP contribution in [-0.4, -0.2) is 60.3 Å². The van der Waals surface area contributed by atoms with Gasteiger partial charge in [-0.25, -0.2) is 15.0 Å². The molecule has 0 amide bonds. The number of nitrogen functional groups attached to an aromatic ring is 1. The molecule has 3 heterocycles. The number of imidazole rings is 1. The summed E-state index contributed by atoms with van der Waals surface area (Å²) in [6.45, 7) is 22.8. The molecule has 11 heteroatoms. The lowest BCUT2D eigenvalue weighted by molar-refractivity contribution is -0.107. The van der Waals surface area contributed by atoms with Crippen molar-refractivity contribution in [3.8, 4) is 0 Å². The normalized spacial score (nSPS) is 24.8. The van der Waals surface area contributed by atoms with Crippen molar-refractivity contribution in [1.29, 1.82) is 0 Å². The summed E-state index contributed by atoms with van der Waals surface area (Å²) in [6.07, 6.45) is 3.20. The van der Waals surface area contributed by atoms with Gasteiger partial charge in [0.2, 0.25) is 0 Å². The zero-order valence-corrected chi connectivity index (χ0v) is 25.2. The van der Waals surface area contributed by atoms with Gasteiger partial charge < -0.3 is 19.3 Å². The van der Waals surface area contributed by atoms with E-state index in [1.54, 1.807) is 6.33 Å². The van der Waals surface area contributed by atoms with Crippen LogP contribution in [-0.2, 0) is 13.6 Å². The lowest BCUT2D eigenvalue weighted by Crippen LogP contribution is -2.55. The minimum atomic E-state index is -2.12. The van der Waals surface area contributed by atoms with Crippen molar-refractivity contribution < 1.29 is 13.6 Å².